The summed E-state index contributed by atoms with van der Waals surface area (Å²) in [6.07, 6.45) is 4.41. The number of ether oxygens (including phenoxy) is 1. The van der Waals surface area contributed by atoms with Crippen LogP contribution in [-0.2, 0) is 4.79 Å². The Hall–Kier alpha value is -1.55. The van der Waals surface area contributed by atoms with E-state index in [1.807, 2.05) is 24.3 Å². The Labute approximate surface area is 121 Å². The number of benzene rings is 1. The highest BCUT2D eigenvalue weighted by Crippen LogP contribution is 2.15. The van der Waals surface area contributed by atoms with E-state index in [9.17, 15) is 4.79 Å². The normalized spacial score (nSPS) is 10.3. The third-order valence-electron chi connectivity index (χ3n) is 2.90. The Morgan fingerprint density at radius 1 is 1.10 bits per heavy atom. The molecule has 0 heterocycles. The van der Waals surface area contributed by atoms with Crippen LogP contribution in [0.5, 0.6) is 5.75 Å². The van der Waals surface area contributed by atoms with Crippen molar-refractivity contribution < 1.29 is 9.53 Å². The van der Waals surface area contributed by atoms with Gasteiger partial charge in [-0.15, -0.1) is 0 Å². The van der Waals surface area contributed by atoms with Gasteiger partial charge in [0.25, 0.3) is 0 Å². The molecule has 0 aromatic heterocycles. The van der Waals surface area contributed by atoms with E-state index in [1.165, 1.54) is 0 Å². The number of hydrogen-bond donors (Lipinski definition) is 2. The fourth-order valence-electron chi connectivity index (χ4n) is 1.68. The lowest BCUT2D eigenvalue weighted by Crippen LogP contribution is -2.28. The van der Waals surface area contributed by atoms with Gasteiger partial charge in [-0.1, -0.05) is 26.7 Å². The second-order valence-corrected chi connectivity index (χ2v) is 4.80. The number of anilines is 1. The number of carbonyl (C=O) groups excluding carboxylic acids is 1. The van der Waals surface area contributed by atoms with Gasteiger partial charge in [0.2, 0.25) is 5.91 Å². The van der Waals surface area contributed by atoms with Gasteiger partial charge in [0.05, 0.1) is 13.2 Å². The van der Waals surface area contributed by atoms with E-state index in [2.05, 4.69) is 24.5 Å². The van der Waals surface area contributed by atoms with Crippen molar-refractivity contribution in [3.8, 4) is 5.75 Å². The van der Waals surface area contributed by atoms with Crippen molar-refractivity contribution in [3.63, 3.8) is 0 Å². The zero-order valence-corrected chi connectivity index (χ0v) is 12.6. The van der Waals surface area contributed by atoms with Gasteiger partial charge < -0.3 is 15.4 Å². The third kappa shape index (κ3) is 7.14. The van der Waals surface area contributed by atoms with Crippen LogP contribution in [0.15, 0.2) is 24.3 Å². The fourth-order valence-corrected chi connectivity index (χ4v) is 1.68. The highest BCUT2D eigenvalue weighted by molar-refractivity contribution is 5.92. The molecule has 0 aliphatic rings. The second kappa shape index (κ2) is 10.3. The average Bonchev–Trinajstić information content (AvgIpc) is 2.46. The maximum absolute atomic E-state index is 11.7. The largest absolute Gasteiger partial charge is 0.494 e. The van der Waals surface area contributed by atoms with Crippen molar-refractivity contribution in [3.05, 3.63) is 24.3 Å². The van der Waals surface area contributed by atoms with Crippen LogP contribution in [0, 0.1) is 0 Å². The quantitative estimate of drug-likeness (QED) is 0.646. The van der Waals surface area contributed by atoms with Crippen LogP contribution in [0.1, 0.15) is 39.5 Å². The summed E-state index contributed by atoms with van der Waals surface area (Å²) in [6.45, 7) is 6.24. The fraction of sp³-hybridized carbons (Fsp3) is 0.562. The molecule has 0 spiro atoms. The number of rotatable bonds is 10. The van der Waals surface area contributed by atoms with E-state index in [-0.39, 0.29) is 5.91 Å². The molecule has 20 heavy (non-hydrogen) atoms. The molecule has 1 aromatic carbocycles. The zero-order valence-electron chi connectivity index (χ0n) is 12.6. The van der Waals surface area contributed by atoms with E-state index >= 15 is 0 Å². The minimum Gasteiger partial charge on any atom is -0.494 e. The molecule has 0 saturated heterocycles. The summed E-state index contributed by atoms with van der Waals surface area (Å²) in [6, 6.07) is 7.50. The molecule has 1 amide bonds. The van der Waals surface area contributed by atoms with Crippen LogP contribution in [0.2, 0.25) is 0 Å². The molecule has 1 rings (SSSR count). The molecule has 2 N–H and O–H groups in total. The highest BCUT2D eigenvalue weighted by Gasteiger charge is 2.01. The van der Waals surface area contributed by atoms with Crippen molar-refractivity contribution >= 4 is 11.6 Å². The first kappa shape index (κ1) is 16.5. The number of unbranched alkanes of at least 4 members (excludes halogenated alkanes) is 2. The van der Waals surface area contributed by atoms with Crippen molar-refractivity contribution in [1.29, 1.82) is 0 Å². The molecule has 0 fully saturated rings. The number of hydrogen-bond acceptors (Lipinski definition) is 3. The molecule has 0 bridgehead atoms. The minimum atomic E-state index is -0.0132. The number of nitrogens with one attached hydrogen (secondary N) is 2. The van der Waals surface area contributed by atoms with Gasteiger partial charge in [-0.05, 0) is 43.7 Å². The summed E-state index contributed by atoms with van der Waals surface area (Å²) in [5.74, 6) is 0.832. The standard InChI is InChI=1S/C16H26N2O2/c1-3-5-11-17-13-16(19)18-14-7-9-15(10-8-14)20-12-6-4-2/h7-10,17H,3-6,11-13H2,1-2H3,(H,18,19). The molecule has 0 radical (unpaired) electrons. The minimum absolute atomic E-state index is 0.0132. The number of amides is 1. The van der Waals surface area contributed by atoms with Crippen molar-refractivity contribution in [2.24, 2.45) is 0 Å². The SMILES string of the molecule is CCCCNCC(=O)Nc1ccc(OCCCC)cc1. The Morgan fingerprint density at radius 2 is 1.80 bits per heavy atom. The van der Waals surface area contributed by atoms with Crippen molar-refractivity contribution in [2.45, 2.75) is 39.5 Å². The summed E-state index contributed by atoms with van der Waals surface area (Å²) in [7, 11) is 0. The molecule has 0 aliphatic heterocycles. The van der Waals surface area contributed by atoms with Gasteiger partial charge in [0, 0.05) is 5.69 Å². The molecular weight excluding hydrogens is 252 g/mol. The Bertz CT molecular complexity index is 377. The first-order chi connectivity index (χ1) is 9.76. The van der Waals surface area contributed by atoms with E-state index in [4.69, 9.17) is 4.74 Å². The predicted octanol–water partition coefficient (Wildman–Crippen LogP) is 3.19. The summed E-state index contributed by atoms with van der Waals surface area (Å²) in [4.78, 5) is 11.7. The van der Waals surface area contributed by atoms with Crippen LogP contribution >= 0.6 is 0 Å². The first-order valence-electron chi connectivity index (χ1n) is 7.49. The summed E-state index contributed by atoms with van der Waals surface area (Å²) in [5.41, 5.74) is 0.801. The van der Waals surface area contributed by atoms with E-state index in [1.54, 1.807) is 0 Å². The molecule has 112 valence electrons. The van der Waals surface area contributed by atoms with Gasteiger partial charge >= 0.3 is 0 Å². The molecule has 0 aliphatic carbocycles. The number of carbonyl (C=O) groups is 1. The van der Waals surface area contributed by atoms with Gasteiger partial charge in [0.1, 0.15) is 5.75 Å². The van der Waals surface area contributed by atoms with E-state index < -0.39 is 0 Å². The summed E-state index contributed by atoms with van der Waals surface area (Å²) < 4.78 is 5.57. The zero-order chi connectivity index (χ0) is 14.6. The summed E-state index contributed by atoms with van der Waals surface area (Å²) >= 11 is 0. The van der Waals surface area contributed by atoms with Gasteiger partial charge in [0.15, 0.2) is 0 Å². The molecule has 0 unspecified atom stereocenters. The molecular formula is C16H26N2O2. The lowest BCUT2D eigenvalue weighted by atomic mass is 10.3. The van der Waals surface area contributed by atoms with Crippen molar-refractivity contribution in [1.82, 2.24) is 5.32 Å². The molecule has 4 heteroatoms. The molecule has 0 atom stereocenters. The molecule has 4 nitrogen and oxygen atoms in total. The predicted molar refractivity (Wildman–Crippen MR) is 83.3 cm³/mol. The topological polar surface area (TPSA) is 50.4 Å². The summed E-state index contributed by atoms with van der Waals surface area (Å²) in [5, 5.41) is 5.97. The first-order valence-corrected chi connectivity index (χ1v) is 7.49. The Balaban J connectivity index is 2.27. The van der Waals surface area contributed by atoms with Crippen LogP contribution in [0.25, 0.3) is 0 Å². The van der Waals surface area contributed by atoms with Crippen LogP contribution in [0.4, 0.5) is 5.69 Å². The van der Waals surface area contributed by atoms with Crippen LogP contribution in [0.3, 0.4) is 0 Å². The molecule has 1 aromatic rings. The lowest BCUT2D eigenvalue weighted by Gasteiger charge is -2.08. The monoisotopic (exact) mass is 278 g/mol. The second-order valence-electron chi connectivity index (χ2n) is 4.80. The highest BCUT2D eigenvalue weighted by atomic mass is 16.5. The van der Waals surface area contributed by atoms with E-state index in [0.29, 0.717) is 6.54 Å². The van der Waals surface area contributed by atoms with Gasteiger partial charge in [-0.3, -0.25) is 4.79 Å². The molecule has 0 saturated carbocycles. The Morgan fingerprint density at radius 3 is 2.45 bits per heavy atom. The van der Waals surface area contributed by atoms with Gasteiger partial charge in [-0.2, -0.15) is 0 Å². The smallest absolute Gasteiger partial charge is 0.238 e. The van der Waals surface area contributed by atoms with E-state index in [0.717, 1.165) is 50.3 Å². The maximum atomic E-state index is 11.7. The Kier molecular flexibility index (Phi) is 8.47. The van der Waals surface area contributed by atoms with Crippen LogP contribution in [-0.4, -0.2) is 25.6 Å². The maximum Gasteiger partial charge on any atom is 0.238 e. The lowest BCUT2D eigenvalue weighted by molar-refractivity contribution is -0.115. The van der Waals surface area contributed by atoms with Crippen LogP contribution < -0.4 is 15.4 Å². The van der Waals surface area contributed by atoms with Gasteiger partial charge in [-0.25, -0.2) is 0 Å². The third-order valence-corrected chi connectivity index (χ3v) is 2.90. The van der Waals surface area contributed by atoms with Crippen molar-refractivity contribution in [2.75, 3.05) is 25.0 Å². The average molecular weight is 278 g/mol.